The fourth-order valence-electron chi connectivity index (χ4n) is 6.79. The number of aliphatic hydroxyl groups is 1. The van der Waals surface area contributed by atoms with Crippen molar-refractivity contribution in [3.8, 4) is 17.2 Å². The number of methoxy groups -OCH3 is 2. The molecule has 0 aliphatic carbocycles. The molecule has 7 rings (SSSR count). The van der Waals surface area contributed by atoms with Gasteiger partial charge in [-0.15, -0.1) is 0 Å². The number of aryl methyl sites for hydroxylation is 2. The third-order valence-corrected chi connectivity index (χ3v) is 8.70. The lowest BCUT2D eigenvalue weighted by molar-refractivity contribution is -0.301. The van der Waals surface area contributed by atoms with Gasteiger partial charge in [0.1, 0.15) is 29.5 Å². The normalized spacial score (nSPS) is 34.2. The molecule has 36 heavy (non-hydrogen) atoms. The van der Waals surface area contributed by atoms with E-state index in [1.807, 2.05) is 46.0 Å². The Kier molecular flexibility index (Phi) is 4.18. The van der Waals surface area contributed by atoms with Crippen LogP contribution in [0.1, 0.15) is 29.7 Å². The summed E-state index contributed by atoms with van der Waals surface area (Å²) in [5.74, 6) is -2.13. The fourth-order valence-corrected chi connectivity index (χ4v) is 6.79. The predicted octanol–water partition coefficient (Wildman–Crippen LogP) is 3.42. The largest absolute Gasteiger partial charge is 0.506 e. The highest BCUT2D eigenvalue weighted by Gasteiger charge is 2.91. The van der Waals surface area contributed by atoms with Gasteiger partial charge in [-0.05, 0) is 50.1 Å². The van der Waals surface area contributed by atoms with Crippen molar-refractivity contribution in [3.63, 3.8) is 0 Å². The van der Waals surface area contributed by atoms with Gasteiger partial charge in [-0.3, -0.25) is 0 Å². The Morgan fingerprint density at radius 2 is 1.89 bits per heavy atom. The van der Waals surface area contributed by atoms with Gasteiger partial charge in [-0.2, -0.15) is 0 Å². The maximum atomic E-state index is 12.0. The van der Waals surface area contributed by atoms with Crippen LogP contribution in [-0.4, -0.2) is 67.5 Å². The summed E-state index contributed by atoms with van der Waals surface area (Å²) in [6, 6.07) is 5.86. The van der Waals surface area contributed by atoms with Crippen molar-refractivity contribution < 1.29 is 38.6 Å². The average molecular weight is 496 g/mol. The first-order chi connectivity index (χ1) is 17.2. The summed E-state index contributed by atoms with van der Waals surface area (Å²) in [4.78, 5) is 0. The minimum Gasteiger partial charge on any atom is -0.506 e. The van der Waals surface area contributed by atoms with E-state index in [0.29, 0.717) is 27.7 Å². The molecule has 0 radical (unpaired) electrons. The van der Waals surface area contributed by atoms with Gasteiger partial charge in [0.2, 0.25) is 11.4 Å². The lowest BCUT2D eigenvalue weighted by Crippen LogP contribution is -2.68. The Hall–Kier alpha value is -2.82. The van der Waals surface area contributed by atoms with Crippen LogP contribution in [-0.2, 0) is 18.9 Å². The number of nitrogens with one attached hydrogen (secondary N) is 1. The number of hydrogen-bond donors (Lipinski definition) is 3. The quantitative estimate of drug-likeness (QED) is 0.370. The molecule has 5 unspecified atom stereocenters. The van der Waals surface area contributed by atoms with E-state index in [1.165, 1.54) is 0 Å². The third kappa shape index (κ3) is 2.18. The maximum Gasteiger partial charge on any atom is 0.274 e. The molecule has 4 aliphatic heterocycles. The molecule has 3 fully saturated rings. The summed E-state index contributed by atoms with van der Waals surface area (Å²) in [6.07, 6.45) is -1.97. The molecule has 1 spiro atoms. The highest BCUT2D eigenvalue weighted by Crippen LogP contribution is 2.71. The number of phenols is 1. The molecule has 3 aromatic rings. The van der Waals surface area contributed by atoms with Crippen LogP contribution in [0, 0.1) is 13.8 Å². The Morgan fingerprint density at radius 3 is 2.53 bits per heavy atom. The van der Waals surface area contributed by atoms with Gasteiger partial charge in [0.25, 0.3) is 5.79 Å². The molecule has 9 nitrogen and oxygen atoms in total. The average Bonchev–Trinajstić information content (AvgIpc) is 3.53. The van der Waals surface area contributed by atoms with Crippen molar-refractivity contribution in [2.75, 3.05) is 33.2 Å². The minimum absolute atomic E-state index is 0.0502. The molecule has 4 aliphatic rings. The molecule has 9 heteroatoms. The van der Waals surface area contributed by atoms with Crippen molar-refractivity contribution in [2.24, 2.45) is 0 Å². The number of anilines is 1. The van der Waals surface area contributed by atoms with Gasteiger partial charge >= 0.3 is 0 Å². The first kappa shape index (κ1) is 22.4. The van der Waals surface area contributed by atoms with Crippen LogP contribution in [0.3, 0.4) is 0 Å². The Labute approximate surface area is 207 Å². The molecular weight excluding hydrogens is 466 g/mol. The number of rotatable bonds is 4. The molecule has 0 amide bonds. The second kappa shape index (κ2) is 6.73. The first-order valence-corrected chi connectivity index (χ1v) is 12.1. The van der Waals surface area contributed by atoms with Crippen LogP contribution >= 0.6 is 0 Å². The SMILES string of the molecule is CNc1ccc2c(OC)c3cc(C)c4c(c3c(O)c2c1C)OC1(O)C2OC(C(C)OC)(O[C@H]42)C12CO2. The third-order valence-electron chi connectivity index (χ3n) is 8.70. The monoisotopic (exact) mass is 495 g/mol. The second-order valence-corrected chi connectivity index (χ2v) is 10.2. The zero-order valence-corrected chi connectivity index (χ0v) is 21.0. The minimum atomic E-state index is -1.83. The molecular formula is C27H29NO8. The zero-order chi connectivity index (χ0) is 25.4. The zero-order valence-electron chi connectivity index (χ0n) is 21.0. The number of ether oxygens (including phenoxy) is 6. The summed E-state index contributed by atoms with van der Waals surface area (Å²) in [7, 11) is 5.02. The maximum absolute atomic E-state index is 12.0. The summed E-state index contributed by atoms with van der Waals surface area (Å²) in [5.41, 5.74) is 2.10. The van der Waals surface area contributed by atoms with Crippen LogP contribution < -0.4 is 14.8 Å². The van der Waals surface area contributed by atoms with E-state index < -0.39 is 35.5 Å². The number of epoxide rings is 1. The van der Waals surface area contributed by atoms with Crippen LogP contribution in [0.5, 0.6) is 17.2 Å². The highest BCUT2D eigenvalue weighted by molar-refractivity contribution is 6.15. The number of benzene rings is 3. The van der Waals surface area contributed by atoms with E-state index in [1.54, 1.807) is 14.2 Å². The smallest absolute Gasteiger partial charge is 0.274 e. The standard InChI is InChI=1S/C27H29NO8/c1-11-9-15-19(20(29)18-12(2)16(28-4)8-7-14(18)21(15)32-6)22-17(11)23-24-26(30,34-22)25(10-33-25)27(35-23,36-24)13(3)31-5/h7-9,13,23-24,28-30H,10H2,1-6H3/t13?,23-,24?,25?,26?,27?/m1/s1. The Morgan fingerprint density at radius 1 is 1.14 bits per heavy atom. The number of fused-ring (bicyclic) bond motifs is 8. The number of aromatic hydroxyl groups is 1. The molecule has 190 valence electrons. The molecule has 0 saturated carbocycles. The summed E-state index contributed by atoms with van der Waals surface area (Å²) in [5, 5.41) is 29.5. The lowest BCUT2D eigenvalue weighted by Gasteiger charge is -2.47. The van der Waals surface area contributed by atoms with Gasteiger partial charge in [0.15, 0.2) is 6.10 Å². The van der Waals surface area contributed by atoms with Crippen molar-refractivity contribution >= 4 is 27.2 Å². The first-order valence-electron chi connectivity index (χ1n) is 12.1. The molecule has 3 saturated heterocycles. The topological polar surface area (TPSA) is 111 Å². The molecule has 3 N–H and O–H groups in total. The van der Waals surface area contributed by atoms with E-state index in [4.69, 9.17) is 28.4 Å². The van der Waals surface area contributed by atoms with E-state index in [-0.39, 0.29) is 12.4 Å². The summed E-state index contributed by atoms with van der Waals surface area (Å²) in [6.45, 7) is 5.92. The molecule has 3 aromatic carbocycles. The van der Waals surface area contributed by atoms with Crippen LogP contribution in [0.15, 0.2) is 18.2 Å². The van der Waals surface area contributed by atoms with Gasteiger partial charge in [0, 0.05) is 41.6 Å². The van der Waals surface area contributed by atoms with Crippen molar-refractivity contribution in [2.45, 2.75) is 56.3 Å². The van der Waals surface area contributed by atoms with Crippen molar-refractivity contribution in [1.29, 1.82) is 0 Å². The number of hydrogen-bond acceptors (Lipinski definition) is 9. The lowest BCUT2D eigenvalue weighted by atomic mass is 9.78. The van der Waals surface area contributed by atoms with Crippen LogP contribution in [0.25, 0.3) is 21.5 Å². The van der Waals surface area contributed by atoms with E-state index in [0.717, 1.165) is 27.8 Å². The summed E-state index contributed by atoms with van der Waals surface area (Å²) < 4.78 is 36.8. The molecule has 4 heterocycles. The van der Waals surface area contributed by atoms with E-state index in [2.05, 4.69) is 5.32 Å². The van der Waals surface area contributed by atoms with Gasteiger partial charge in [0.05, 0.1) is 19.1 Å². The molecule has 2 bridgehead atoms. The number of phenolic OH excluding ortho intramolecular Hbond substituents is 1. The van der Waals surface area contributed by atoms with Crippen molar-refractivity contribution in [1.82, 2.24) is 0 Å². The van der Waals surface area contributed by atoms with Crippen LogP contribution in [0.2, 0.25) is 0 Å². The van der Waals surface area contributed by atoms with Crippen molar-refractivity contribution in [3.05, 3.63) is 34.9 Å². The van der Waals surface area contributed by atoms with Gasteiger partial charge in [-0.1, -0.05) is 0 Å². The summed E-state index contributed by atoms with van der Waals surface area (Å²) >= 11 is 0. The Balaban J connectivity index is 1.57. The van der Waals surface area contributed by atoms with Crippen LogP contribution in [0.4, 0.5) is 5.69 Å². The van der Waals surface area contributed by atoms with E-state index >= 15 is 0 Å². The molecule has 6 atom stereocenters. The Bertz CT molecular complexity index is 1480. The van der Waals surface area contributed by atoms with E-state index in [9.17, 15) is 10.2 Å². The van der Waals surface area contributed by atoms with Gasteiger partial charge < -0.3 is 44.0 Å². The molecule has 0 aromatic heterocycles. The second-order valence-electron chi connectivity index (χ2n) is 10.2. The van der Waals surface area contributed by atoms with Gasteiger partial charge in [-0.25, -0.2) is 0 Å². The predicted molar refractivity (Wildman–Crippen MR) is 131 cm³/mol. The highest BCUT2D eigenvalue weighted by atomic mass is 16.9. The fraction of sp³-hybridized carbons (Fsp3) is 0.481.